The van der Waals surface area contributed by atoms with E-state index in [0.717, 1.165) is 5.32 Å². The van der Waals surface area contributed by atoms with Gasteiger partial charge in [-0.1, -0.05) is 11.8 Å². The number of hydrogen-bond donors (Lipinski definition) is 0. The van der Waals surface area contributed by atoms with Crippen LogP contribution < -0.4 is 10.2 Å². The van der Waals surface area contributed by atoms with Crippen LogP contribution in [-0.4, -0.2) is 43.3 Å². The van der Waals surface area contributed by atoms with Crippen molar-refractivity contribution in [2.75, 3.05) is 11.4 Å². The first-order valence-electron chi connectivity index (χ1n) is 6.89. The first kappa shape index (κ1) is 15.4. The summed E-state index contributed by atoms with van der Waals surface area (Å²) in [5.41, 5.74) is 0.505. The number of ether oxygens (including phenoxy) is 1. The molecule has 1 aliphatic heterocycles. The second-order valence-electron chi connectivity index (χ2n) is 5.00. The Morgan fingerprint density at radius 2 is 2.36 bits per heavy atom. The summed E-state index contributed by atoms with van der Waals surface area (Å²) in [5, 5.41) is 9.12. The molecular formula is C13H14FIN4O2Si. The molecule has 1 aromatic carbocycles. The number of anilines is 1. The Balaban J connectivity index is 1.71. The summed E-state index contributed by atoms with van der Waals surface area (Å²) in [4.78, 5) is 13.4. The van der Waals surface area contributed by atoms with Crippen LogP contribution in [0.5, 0.6) is 0 Å². The Hall–Kier alpha value is -1.49. The zero-order valence-corrected chi connectivity index (χ0v) is 15.4. The lowest BCUT2D eigenvalue weighted by Gasteiger charge is -2.13. The highest BCUT2D eigenvalue weighted by atomic mass is 127. The molecule has 1 saturated heterocycles. The van der Waals surface area contributed by atoms with Crippen LogP contribution >= 0.6 is 22.6 Å². The summed E-state index contributed by atoms with van der Waals surface area (Å²) in [6.07, 6.45) is 1.12. The summed E-state index contributed by atoms with van der Waals surface area (Å²) >= 11 is 1.91. The lowest BCUT2D eigenvalue weighted by atomic mass is 10.2. The molecule has 116 valence electrons. The minimum Gasteiger partial charge on any atom is -0.442 e. The molecule has 0 bridgehead atoms. The van der Waals surface area contributed by atoms with Crippen LogP contribution in [0.1, 0.15) is 0 Å². The van der Waals surface area contributed by atoms with E-state index in [1.165, 1.54) is 11.0 Å². The highest BCUT2D eigenvalue weighted by Crippen LogP contribution is 2.24. The molecule has 0 aliphatic carbocycles. The van der Waals surface area contributed by atoms with Gasteiger partial charge in [-0.05, 0) is 40.8 Å². The van der Waals surface area contributed by atoms with Crippen molar-refractivity contribution in [3.8, 4) is 0 Å². The van der Waals surface area contributed by atoms with Gasteiger partial charge in [0.15, 0.2) is 0 Å². The molecular weight excluding hydrogens is 418 g/mol. The van der Waals surface area contributed by atoms with Crippen LogP contribution in [0.15, 0.2) is 24.4 Å². The molecule has 0 radical (unpaired) electrons. The number of benzene rings is 1. The lowest BCUT2D eigenvalue weighted by molar-refractivity contribution is 0.129. The molecule has 1 aliphatic rings. The van der Waals surface area contributed by atoms with Crippen molar-refractivity contribution in [3.63, 3.8) is 0 Å². The lowest BCUT2D eigenvalue weighted by Crippen LogP contribution is -2.26. The molecule has 0 spiro atoms. The third-order valence-electron chi connectivity index (χ3n) is 3.43. The van der Waals surface area contributed by atoms with Gasteiger partial charge >= 0.3 is 6.09 Å². The summed E-state index contributed by atoms with van der Waals surface area (Å²) in [6.45, 7) is 2.96. The van der Waals surface area contributed by atoms with Crippen molar-refractivity contribution in [2.24, 2.45) is 0 Å². The minimum absolute atomic E-state index is 0.317. The third kappa shape index (κ3) is 3.14. The van der Waals surface area contributed by atoms with E-state index in [9.17, 15) is 9.18 Å². The second kappa shape index (κ2) is 6.32. The Morgan fingerprint density at radius 3 is 3.05 bits per heavy atom. The zero-order valence-electron chi connectivity index (χ0n) is 11.9. The van der Waals surface area contributed by atoms with Gasteiger partial charge in [-0.3, -0.25) is 4.90 Å². The van der Waals surface area contributed by atoms with Crippen LogP contribution in [0.4, 0.5) is 14.9 Å². The predicted octanol–water partition coefficient (Wildman–Crippen LogP) is 0.889. The number of cyclic esters (lactones) is 1. The maximum Gasteiger partial charge on any atom is 0.414 e. The average Bonchev–Trinajstić information content (AvgIpc) is 3.09. The quantitative estimate of drug-likeness (QED) is 0.532. The summed E-state index contributed by atoms with van der Waals surface area (Å²) in [7, 11) is -0.345. The molecule has 6 nitrogen and oxygen atoms in total. The Bertz CT molecular complexity index is 711. The molecule has 9 heteroatoms. The summed E-state index contributed by atoms with van der Waals surface area (Å²) in [6, 6.07) is 4.70. The van der Waals surface area contributed by atoms with Crippen molar-refractivity contribution in [1.29, 1.82) is 0 Å². The largest absolute Gasteiger partial charge is 0.442 e. The Kier molecular flexibility index (Phi) is 4.43. The number of aromatic nitrogens is 3. The van der Waals surface area contributed by atoms with E-state index in [0.29, 0.717) is 22.3 Å². The summed E-state index contributed by atoms with van der Waals surface area (Å²) in [5.74, 6) is -0.344. The normalized spacial score (nSPS) is 18.4. The van der Waals surface area contributed by atoms with Crippen LogP contribution in [0.2, 0.25) is 6.55 Å². The number of carbonyl (C=O) groups excluding carboxylic acids is 1. The molecule has 0 N–H and O–H groups in total. The first-order chi connectivity index (χ1) is 10.6. The monoisotopic (exact) mass is 432 g/mol. The molecule has 0 unspecified atom stereocenters. The van der Waals surface area contributed by atoms with Crippen LogP contribution in [0.25, 0.3) is 0 Å². The van der Waals surface area contributed by atoms with Gasteiger partial charge in [0.05, 0.1) is 33.6 Å². The number of halogens is 2. The van der Waals surface area contributed by atoms with E-state index in [2.05, 4.69) is 16.9 Å². The molecule has 1 fully saturated rings. The average molecular weight is 432 g/mol. The smallest absolute Gasteiger partial charge is 0.414 e. The Labute approximate surface area is 142 Å². The molecule has 1 aromatic heterocycles. The fraction of sp³-hybridized carbons (Fsp3) is 0.308. The van der Waals surface area contributed by atoms with Crippen LogP contribution in [0.3, 0.4) is 0 Å². The number of amides is 1. The highest BCUT2D eigenvalue weighted by Gasteiger charge is 2.33. The van der Waals surface area contributed by atoms with Crippen molar-refractivity contribution < 1.29 is 13.9 Å². The molecule has 2 aromatic rings. The van der Waals surface area contributed by atoms with Crippen molar-refractivity contribution in [1.82, 2.24) is 15.0 Å². The van der Waals surface area contributed by atoms with E-state index in [1.54, 1.807) is 16.8 Å². The zero-order chi connectivity index (χ0) is 15.7. The van der Waals surface area contributed by atoms with Gasteiger partial charge in [0.1, 0.15) is 11.9 Å². The SMILES string of the molecule is C[SiH2]c1cn(C[C@H]2CN(c3ccc(I)c(F)c3)C(=O)O2)nn1. The van der Waals surface area contributed by atoms with Gasteiger partial charge < -0.3 is 4.74 Å². The van der Waals surface area contributed by atoms with Gasteiger partial charge in [-0.25, -0.2) is 13.9 Å². The topological polar surface area (TPSA) is 60.2 Å². The van der Waals surface area contributed by atoms with Gasteiger partial charge in [-0.2, -0.15) is 0 Å². The van der Waals surface area contributed by atoms with E-state index >= 15 is 0 Å². The van der Waals surface area contributed by atoms with E-state index < -0.39 is 6.09 Å². The second-order valence-corrected chi connectivity index (χ2v) is 7.59. The fourth-order valence-corrected chi connectivity index (χ4v) is 3.21. The molecule has 2 heterocycles. The molecule has 22 heavy (non-hydrogen) atoms. The van der Waals surface area contributed by atoms with Gasteiger partial charge in [0.25, 0.3) is 0 Å². The number of carbonyl (C=O) groups is 1. The third-order valence-corrected chi connectivity index (χ3v) is 5.35. The molecule has 3 rings (SSSR count). The van der Waals surface area contributed by atoms with Crippen LogP contribution in [0, 0.1) is 9.39 Å². The van der Waals surface area contributed by atoms with Crippen LogP contribution in [-0.2, 0) is 11.3 Å². The Morgan fingerprint density at radius 1 is 1.55 bits per heavy atom. The maximum absolute atomic E-state index is 13.6. The number of hydrogen-bond acceptors (Lipinski definition) is 4. The summed E-state index contributed by atoms with van der Waals surface area (Å²) < 4.78 is 21.2. The van der Waals surface area contributed by atoms with Crippen molar-refractivity contribution in [2.45, 2.75) is 19.2 Å². The predicted molar refractivity (Wildman–Crippen MR) is 90.8 cm³/mol. The van der Waals surface area contributed by atoms with E-state index in [4.69, 9.17) is 4.74 Å². The standard InChI is InChI=1S/C13H14FIN4O2Si/c1-22-12-7-18(17-16-12)5-9-6-19(13(20)21-9)8-2-3-11(15)10(14)4-8/h2-4,7,9H,5-6,22H2,1H3/t9-/m0/s1. The van der Waals surface area contributed by atoms with Crippen molar-refractivity contribution in [3.05, 3.63) is 33.8 Å². The maximum atomic E-state index is 13.6. The fourth-order valence-electron chi connectivity index (χ4n) is 2.28. The molecule has 1 atom stereocenters. The van der Waals surface area contributed by atoms with Crippen molar-refractivity contribution >= 4 is 49.2 Å². The van der Waals surface area contributed by atoms with E-state index in [1.807, 2.05) is 28.8 Å². The van der Waals surface area contributed by atoms with Gasteiger partial charge in [0, 0.05) is 9.77 Å². The highest BCUT2D eigenvalue weighted by molar-refractivity contribution is 14.1. The number of rotatable bonds is 4. The van der Waals surface area contributed by atoms with E-state index in [-0.39, 0.29) is 21.4 Å². The number of nitrogens with zero attached hydrogens (tertiary/aromatic N) is 4. The van der Waals surface area contributed by atoms with Gasteiger partial charge in [-0.15, -0.1) is 5.10 Å². The first-order valence-corrected chi connectivity index (χ1v) is 10.1. The van der Waals surface area contributed by atoms with Gasteiger partial charge in [0.2, 0.25) is 0 Å². The minimum atomic E-state index is -0.462. The molecule has 0 saturated carbocycles. The molecule has 1 amide bonds.